The number of amides is 1. The van der Waals surface area contributed by atoms with Crippen molar-refractivity contribution in [2.45, 2.75) is 37.3 Å². The summed E-state index contributed by atoms with van der Waals surface area (Å²) in [7, 11) is 0. The average molecular weight is 478 g/mol. The van der Waals surface area contributed by atoms with Crippen LogP contribution in [0, 0.1) is 19.7 Å². The van der Waals surface area contributed by atoms with Crippen molar-refractivity contribution in [2.24, 2.45) is 0 Å². The predicted octanol–water partition coefficient (Wildman–Crippen LogP) is 6.44. The van der Waals surface area contributed by atoms with Gasteiger partial charge in [-0.3, -0.25) is 4.79 Å². The number of nitrogens with one attached hydrogen (secondary N) is 1. The van der Waals surface area contributed by atoms with Crippen LogP contribution in [-0.4, -0.2) is 16.1 Å². The second kappa shape index (κ2) is 10.5. The maximum atomic E-state index is 13.9. The normalized spacial score (nSPS) is 12.7. The highest BCUT2D eigenvalue weighted by Crippen LogP contribution is 2.36. The number of thioether (sulfide) groups is 1. The van der Waals surface area contributed by atoms with Gasteiger partial charge < -0.3 is 14.5 Å². The van der Waals surface area contributed by atoms with Crippen molar-refractivity contribution in [1.29, 1.82) is 0 Å². The predicted molar refractivity (Wildman–Crippen MR) is 129 cm³/mol. The van der Waals surface area contributed by atoms with E-state index in [1.807, 2.05) is 62.4 Å². The van der Waals surface area contributed by atoms with Gasteiger partial charge in [0.1, 0.15) is 5.25 Å². The number of aryl methyl sites for hydroxylation is 2. The van der Waals surface area contributed by atoms with E-state index in [9.17, 15) is 9.18 Å². The summed E-state index contributed by atoms with van der Waals surface area (Å²) in [5.74, 6) is -0.406. The molecule has 4 rings (SSSR count). The van der Waals surface area contributed by atoms with Crippen molar-refractivity contribution in [3.05, 3.63) is 101 Å². The van der Waals surface area contributed by atoms with Crippen LogP contribution in [0.4, 0.5) is 10.1 Å². The molecule has 0 bridgehead atoms. The summed E-state index contributed by atoms with van der Waals surface area (Å²) >= 11 is 1.14. The molecule has 8 heteroatoms. The van der Waals surface area contributed by atoms with Crippen molar-refractivity contribution in [3.63, 3.8) is 0 Å². The summed E-state index contributed by atoms with van der Waals surface area (Å²) in [6.45, 7) is 5.66. The van der Waals surface area contributed by atoms with Gasteiger partial charge in [0, 0.05) is 5.69 Å². The second-order valence-electron chi connectivity index (χ2n) is 7.87. The first-order valence-electron chi connectivity index (χ1n) is 10.7. The molecule has 1 N–H and O–H groups in total. The van der Waals surface area contributed by atoms with Crippen LogP contribution in [0.15, 0.2) is 82.4 Å². The lowest BCUT2D eigenvalue weighted by Crippen LogP contribution is -2.19. The van der Waals surface area contributed by atoms with Crippen LogP contribution < -0.4 is 10.1 Å². The number of nitrogens with zero attached hydrogens (tertiary/aromatic N) is 2. The molecule has 0 unspecified atom stereocenters. The molecule has 0 aliphatic rings. The maximum absolute atomic E-state index is 13.9. The Morgan fingerprint density at radius 3 is 2.38 bits per heavy atom. The molecule has 174 valence electrons. The van der Waals surface area contributed by atoms with Crippen molar-refractivity contribution in [3.8, 4) is 5.75 Å². The Morgan fingerprint density at radius 2 is 1.68 bits per heavy atom. The summed E-state index contributed by atoms with van der Waals surface area (Å²) in [5.41, 5.74) is 3.64. The zero-order valence-electron chi connectivity index (χ0n) is 19.0. The number of para-hydroxylation sites is 1. The van der Waals surface area contributed by atoms with E-state index in [1.54, 1.807) is 19.1 Å². The van der Waals surface area contributed by atoms with E-state index in [0.717, 1.165) is 34.1 Å². The summed E-state index contributed by atoms with van der Waals surface area (Å²) in [6.07, 6.45) is -0.668. The number of halogens is 1. The molecule has 34 heavy (non-hydrogen) atoms. The van der Waals surface area contributed by atoms with E-state index in [2.05, 4.69) is 15.5 Å². The lowest BCUT2D eigenvalue weighted by atomic mass is 10.1. The van der Waals surface area contributed by atoms with E-state index in [0.29, 0.717) is 0 Å². The van der Waals surface area contributed by atoms with Crippen LogP contribution in [-0.2, 0) is 4.79 Å². The molecule has 2 atom stereocenters. The Bertz CT molecular complexity index is 1260. The minimum atomic E-state index is -0.668. The van der Waals surface area contributed by atoms with Gasteiger partial charge in [-0.2, -0.15) is 0 Å². The highest BCUT2D eigenvalue weighted by molar-refractivity contribution is 8.00. The monoisotopic (exact) mass is 477 g/mol. The van der Waals surface area contributed by atoms with E-state index in [1.165, 1.54) is 12.1 Å². The van der Waals surface area contributed by atoms with Crippen LogP contribution in [0.1, 0.15) is 40.9 Å². The molecule has 0 aliphatic carbocycles. The zero-order valence-corrected chi connectivity index (χ0v) is 19.8. The minimum absolute atomic E-state index is 0.0948. The summed E-state index contributed by atoms with van der Waals surface area (Å²) < 4.78 is 25.3. The molecular weight excluding hydrogens is 453 g/mol. The van der Waals surface area contributed by atoms with Crippen LogP contribution in [0.5, 0.6) is 5.75 Å². The van der Waals surface area contributed by atoms with Crippen LogP contribution in [0.2, 0.25) is 0 Å². The van der Waals surface area contributed by atoms with Gasteiger partial charge >= 0.3 is 0 Å². The molecule has 6 nitrogen and oxygen atoms in total. The fourth-order valence-corrected chi connectivity index (χ4v) is 4.35. The van der Waals surface area contributed by atoms with Crippen molar-refractivity contribution in [2.75, 3.05) is 5.32 Å². The molecule has 0 saturated carbocycles. The van der Waals surface area contributed by atoms with Gasteiger partial charge in [0.25, 0.3) is 11.1 Å². The highest BCUT2D eigenvalue weighted by atomic mass is 32.2. The second-order valence-corrected chi connectivity index (χ2v) is 8.93. The molecule has 1 heterocycles. The highest BCUT2D eigenvalue weighted by Gasteiger charge is 2.26. The fourth-order valence-electron chi connectivity index (χ4n) is 3.47. The summed E-state index contributed by atoms with van der Waals surface area (Å²) in [4.78, 5) is 13.3. The molecule has 3 aromatic carbocycles. The Kier molecular flexibility index (Phi) is 7.27. The van der Waals surface area contributed by atoms with E-state index in [4.69, 9.17) is 9.15 Å². The number of carbonyl (C=O) groups is 1. The van der Waals surface area contributed by atoms with Crippen LogP contribution in [0.25, 0.3) is 0 Å². The Labute approximate surface area is 201 Å². The fraction of sp³-hybridized carbons (Fsp3) is 0.192. The number of anilines is 1. The van der Waals surface area contributed by atoms with Crippen molar-refractivity contribution in [1.82, 2.24) is 10.2 Å². The summed E-state index contributed by atoms with van der Waals surface area (Å²) in [5, 5.41) is 10.7. The van der Waals surface area contributed by atoms with E-state index < -0.39 is 17.2 Å². The molecule has 1 aromatic heterocycles. The van der Waals surface area contributed by atoms with Gasteiger partial charge in [-0.05, 0) is 73.5 Å². The number of hydrogen-bond acceptors (Lipinski definition) is 6. The lowest BCUT2D eigenvalue weighted by Gasteiger charge is -2.16. The Morgan fingerprint density at radius 1 is 1.00 bits per heavy atom. The number of hydrogen-bond donors (Lipinski definition) is 1. The number of rotatable bonds is 8. The van der Waals surface area contributed by atoms with Gasteiger partial charge in [-0.25, -0.2) is 4.39 Å². The van der Waals surface area contributed by atoms with Gasteiger partial charge in [-0.1, -0.05) is 48.5 Å². The minimum Gasteiger partial charge on any atom is -0.478 e. The van der Waals surface area contributed by atoms with Crippen molar-refractivity contribution >= 4 is 23.4 Å². The first-order chi connectivity index (χ1) is 16.4. The van der Waals surface area contributed by atoms with Crippen LogP contribution >= 0.6 is 11.8 Å². The SMILES string of the molecule is Cc1cc(C)cc(NC(=O)[C@H](Sc2nnc([C@@H](C)Oc3ccccc3F)o2)c2ccccc2)c1. The van der Waals surface area contributed by atoms with Gasteiger partial charge in [0.05, 0.1) is 0 Å². The molecule has 0 saturated heterocycles. The smallest absolute Gasteiger partial charge is 0.277 e. The number of benzene rings is 3. The Hall–Kier alpha value is -3.65. The van der Waals surface area contributed by atoms with Crippen molar-refractivity contribution < 1.29 is 18.3 Å². The number of ether oxygens (including phenoxy) is 1. The molecule has 0 spiro atoms. The zero-order chi connectivity index (χ0) is 24.1. The molecule has 4 aromatic rings. The molecule has 0 aliphatic heterocycles. The van der Waals surface area contributed by atoms with E-state index in [-0.39, 0.29) is 22.8 Å². The van der Waals surface area contributed by atoms with E-state index >= 15 is 0 Å². The van der Waals surface area contributed by atoms with Gasteiger partial charge in [0.15, 0.2) is 17.7 Å². The lowest BCUT2D eigenvalue weighted by molar-refractivity contribution is -0.115. The summed E-state index contributed by atoms with van der Waals surface area (Å²) in [6, 6.07) is 21.4. The molecular formula is C26H24FN3O3S. The standard InChI is InChI=1S/C26H24FN3O3S/c1-16-13-17(2)15-20(14-16)28-24(31)23(19-9-5-4-6-10-19)34-26-30-29-25(33-26)18(3)32-22-12-8-7-11-21(22)27/h4-15,18,23H,1-3H3,(H,28,31)/t18-,23-/m1/s1. The topological polar surface area (TPSA) is 77.2 Å². The van der Waals surface area contributed by atoms with Gasteiger partial charge in [0.2, 0.25) is 5.91 Å². The number of carbonyl (C=O) groups excluding carboxylic acids is 1. The molecule has 0 fully saturated rings. The third-order valence-corrected chi connectivity index (χ3v) is 6.05. The quantitative estimate of drug-likeness (QED) is 0.294. The Balaban J connectivity index is 1.52. The third kappa shape index (κ3) is 5.82. The largest absolute Gasteiger partial charge is 0.478 e. The first-order valence-corrected chi connectivity index (χ1v) is 11.6. The average Bonchev–Trinajstić information content (AvgIpc) is 3.28. The number of aromatic nitrogens is 2. The molecule has 0 radical (unpaired) electrons. The van der Waals surface area contributed by atoms with Gasteiger partial charge in [-0.15, -0.1) is 10.2 Å². The first kappa shape index (κ1) is 23.5. The maximum Gasteiger partial charge on any atom is 0.277 e. The molecule has 1 amide bonds. The third-order valence-electron chi connectivity index (χ3n) is 4.96. The van der Waals surface area contributed by atoms with Crippen LogP contribution in [0.3, 0.4) is 0 Å².